The van der Waals surface area contributed by atoms with Crippen LogP contribution in [0.2, 0.25) is 0 Å². The third-order valence-corrected chi connectivity index (χ3v) is 6.62. The third kappa shape index (κ3) is 12.0. The molecule has 1 aromatic carbocycles. The number of hydrogen-bond donors (Lipinski definition) is 2. The normalized spacial score (nSPS) is 14.2. The Morgan fingerprint density at radius 3 is 2.32 bits per heavy atom. The first-order valence-electron chi connectivity index (χ1n) is 10.3. The molecule has 0 saturated heterocycles. The molecule has 0 fully saturated rings. The molecular formula is C21H31F3O6S. The van der Waals surface area contributed by atoms with Crippen LogP contribution in [0.3, 0.4) is 0 Å². The lowest BCUT2D eigenvalue weighted by Gasteiger charge is -2.17. The molecule has 1 rings (SSSR count). The quantitative estimate of drug-likeness (QED) is 0.369. The first-order chi connectivity index (χ1) is 14.4. The van der Waals surface area contributed by atoms with Gasteiger partial charge in [0, 0.05) is 12.7 Å². The molecule has 2 unspecified atom stereocenters. The second-order valence-corrected chi connectivity index (χ2v) is 10.0. The van der Waals surface area contributed by atoms with Gasteiger partial charge in [-0.1, -0.05) is 25.3 Å². The maximum absolute atomic E-state index is 12.7. The van der Waals surface area contributed by atoms with E-state index in [0.717, 1.165) is 25.0 Å². The Balaban J connectivity index is 2.36. The number of alkyl halides is 3. The third-order valence-electron chi connectivity index (χ3n) is 4.94. The van der Waals surface area contributed by atoms with Gasteiger partial charge < -0.3 is 14.9 Å². The van der Waals surface area contributed by atoms with E-state index in [1.807, 2.05) is 0 Å². The molecule has 0 bridgehead atoms. The van der Waals surface area contributed by atoms with Gasteiger partial charge in [0.05, 0.1) is 16.9 Å². The largest absolute Gasteiger partial charge is 0.491 e. The molecule has 0 heterocycles. The van der Waals surface area contributed by atoms with Crippen molar-refractivity contribution >= 4 is 15.8 Å². The summed E-state index contributed by atoms with van der Waals surface area (Å²) in [5, 5.41) is 18.1. The Morgan fingerprint density at radius 2 is 1.71 bits per heavy atom. The molecule has 2 N–H and O–H groups in total. The average molecular weight is 469 g/mol. The van der Waals surface area contributed by atoms with Crippen LogP contribution >= 0.6 is 0 Å². The van der Waals surface area contributed by atoms with Crippen LogP contribution in [0.25, 0.3) is 0 Å². The topological polar surface area (TPSA) is 101 Å². The first-order valence-corrected chi connectivity index (χ1v) is 12.2. The van der Waals surface area contributed by atoms with Gasteiger partial charge in [0.15, 0.2) is 0 Å². The van der Waals surface area contributed by atoms with Gasteiger partial charge in [-0.05, 0) is 50.3 Å². The molecule has 0 spiro atoms. The number of carbonyl (C=O) groups is 1. The predicted octanol–water partition coefficient (Wildman–Crippen LogP) is 4.45. The molecule has 1 aromatic rings. The maximum atomic E-state index is 12.7. The van der Waals surface area contributed by atoms with E-state index >= 15 is 0 Å². The van der Waals surface area contributed by atoms with Gasteiger partial charge in [-0.2, -0.15) is 13.2 Å². The zero-order chi connectivity index (χ0) is 23.5. The lowest BCUT2D eigenvalue weighted by Crippen LogP contribution is -2.22. The number of unbranched alkanes of at least 4 members (excludes halogenated alkanes) is 3. The van der Waals surface area contributed by atoms with Crippen molar-refractivity contribution < 1.29 is 41.3 Å². The molecule has 0 amide bonds. The molecular weight excluding hydrogens is 437 g/mol. The van der Waals surface area contributed by atoms with Crippen LogP contribution in [0.15, 0.2) is 24.3 Å². The second kappa shape index (κ2) is 12.9. The van der Waals surface area contributed by atoms with Crippen molar-refractivity contribution in [3.05, 3.63) is 29.8 Å². The number of rotatable bonds is 15. The van der Waals surface area contributed by atoms with E-state index in [2.05, 4.69) is 0 Å². The van der Waals surface area contributed by atoms with E-state index < -0.39 is 38.9 Å². The molecule has 2 atom stereocenters. The fourth-order valence-electron chi connectivity index (χ4n) is 3.19. The molecule has 0 aliphatic heterocycles. The Morgan fingerprint density at radius 1 is 1.06 bits per heavy atom. The summed E-state index contributed by atoms with van der Waals surface area (Å²) >= 11 is 0. The number of carboxylic acids is 1. The van der Waals surface area contributed by atoms with Crippen LogP contribution in [0.5, 0.6) is 5.75 Å². The van der Waals surface area contributed by atoms with E-state index in [0.29, 0.717) is 32.1 Å². The van der Waals surface area contributed by atoms with Crippen LogP contribution in [0.4, 0.5) is 13.2 Å². The minimum Gasteiger partial charge on any atom is -0.491 e. The SMILES string of the molecule is CS(=O)(=O)C(CCCCCCC(=O)O)CCCC(O)COc1cccc(C(F)(F)F)c1. The summed E-state index contributed by atoms with van der Waals surface area (Å²) in [6.45, 7) is -0.186. The Bertz CT molecular complexity index is 780. The number of carboxylic acid groups (broad SMARTS) is 1. The summed E-state index contributed by atoms with van der Waals surface area (Å²) < 4.78 is 67.3. The molecule has 0 aromatic heterocycles. The highest BCUT2D eigenvalue weighted by Crippen LogP contribution is 2.31. The van der Waals surface area contributed by atoms with Gasteiger partial charge in [-0.3, -0.25) is 4.79 Å². The number of aliphatic carboxylic acids is 1. The molecule has 31 heavy (non-hydrogen) atoms. The fourth-order valence-corrected chi connectivity index (χ4v) is 4.38. The lowest BCUT2D eigenvalue weighted by molar-refractivity contribution is -0.138. The number of sulfone groups is 1. The first kappa shape index (κ1) is 27.2. The van der Waals surface area contributed by atoms with Crippen molar-refractivity contribution in [3.8, 4) is 5.75 Å². The Labute approximate surface area is 181 Å². The smallest absolute Gasteiger partial charge is 0.416 e. The van der Waals surface area contributed by atoms with E-state index in [9.17, 15) is 31.5 Å². The van der Waals surface area contributed by atoms with E-state index in [4.69, 9.17) is 9.84 Å². The van der Waals surface area contributed by atoms with E-state index in [1.165, 1.54) is 18.4 Å². The van der Waals surface area contributed by atoms with Gasteiger partial charge in [0.25, 0.3) is 0 Å². The zero-order valence-corrected chi connectivity index (χ0v) is 18.4. The highest BCUT2D eigenvalue weighted by molar-refractivity contribution is 7.91. The van der Waals surface area contributed by atoms with E-state index in [-0.39, 0.29) is 25.2 Å². The van der Waals surface area contributed by atoms with Crippen LogP contribution < -0.4 is 4.74 Å². The second-order valence-electron chi connectivity index (χ2n) is 7.72. The summed E-state index contributed by atoms with van der Waals surface area (Å²) in [5.41, 5.74) is -0.835. The maximum Gasteiger partial charge on any atom is 0.416 e. The minimum absolute atomic E-state index is 0.00536. The number of ether oxygens (including phenoxy) is 1. The summed E-state index contributed by atoms with van der Waals surface area (Å²) in [5.74, 6) is -0.838. The van der Waals surface area contributed by atoms with Gasteiger partial charge in [-0.15, -0.1) is 0 Å². The standard InChI is InChI=1S/C21H31F3O6S/c1-31(28,29)19(11-4-2-3-5-13-20(26)27)12-7-9-17(25)15-30-18-10-6-8-16(14-18)21(22,23)24/h6,8,10,14,17,19,25H,2-5,7,9,11-13,15H2,1H3,(H,26,27). The number of halogens is 3. The summed E-state index contributed by atoms with van der Waals surface area (Å²) in [4.78, 5) is 10.5. The number of aliphatic hydroxyl groups excluding tert-OH is 1. The molecule has 0 aliphatic carbocycles. The van der Waals surface area contributed by atoms with Crippen molar-refractivity contribution in [3.63, 3.8) is 0 Å². The molecule has 6 nitrogen and oxygen atoms in total. The lowest BCUT2D eigenvalue weighted by atomic mass is 10.0. The monoisotopic (exact) mass is 468 g/mol. The highest BCUT2D eigenvalue weighted by atomic mass is 32.2. The van der Waals surface area contributed by atoms with Crippen molar-refractivity contribution in [2.75, 3.05) is 12.9 Å². The van der Waals surface area contributed by atoms with Crippen LogP contribution in [0.1, 0.15) is 63.4 Å². The Kier molecular flexibility index (Phi) is 11.3. The van der Waals surface area contributed by atoms with Crippen molar-refractivity contribution in [2.45, 2.75) is 75.3 Å². The minimum atomic E-state index is -4.48. The summed E-state index contributed by atoms with van der Waals surface area (Å²) in [6.07, 6.45) is 0.160. The predicted molar refractivity (Wildman–Crippen MR) is 111 cm³/mol. The van der Waals surface area contributed by atoms with Gasteiger partial charge in [-0.25, -0.2) is 8.42 Å². The van der Waals surface area contributed by atoms with Crippen molar-refractivity contribution in [1.82, 2.24) is 0 Å². The van der Waals surface area contributed by atoms with Crippen molar-refractivity contribution in [1.29, 1.82) is 0 Å². The number of hydrogen-bond acceptors (Lipinski definition) is 5. The average Bonchev–Trinajstić information content (AvgIpc) is 2.66. The fraction of sp³-hybridized carbons (Fsp3) is 0.667. The van der Waals surface area contributed by atoms with Crippen LogP contribution in [0, 0.1) is 0 Å². The van der Waals surface area contributed by atoms with Gasteiger partial charge in [0.1, 0.15) is 22.2 Å². The van der Waals surface area contributed by atoms with Crippen LogP contribution in [-0.4, -0.2) is 48.8 Å². The number of aliphatic hydroxyl groups is 1. The van der Waals surface area contributed by atoms with Gasteiger partial charge in [0.2, 0.25) is 0 Å². The summed E-state index contributed by atoms with van der Waals surface area (Å²) in [6, 6.07) is 4.39. The van der Waals surface area contributed by atoms with Crippen LogP contribution in [-0.2, 0) is 20.8 Å². The molecule has 178 valence electrons. The highest BCUT2D eigenvalue weighted by Gasteiger charge is 2.30. The van der Waals surface area contributed by atoms with Crippen molar-refractivity contribution in [2.24, 2.45) is 0 Å². The molecule has 0 aliphatic rings. The molecule has 0 radical (unpaired) electrons. The number of benzene rings is 1. The zero-order valence-electron chi connectivity index (χ0n) is 17.6. The summed E-state index contributed by atoms with van der Waals surface area (Å²) in [7, 11) is -3.26. The molecule has 10 heteroatoms. The van der Waals surface area contributed by atoms with Gasteiger partial charge >= 0.3 is 12.1 Å². The Hall–Kier alpha value is -1.81. The molecule has 0 saturated carbocycles. The van der Waals surface area contributed by atoms with E-state index in [1.54, 1.807) is 0 Å².